The smallest absolute Gasteiger partial charge is 0.311 e. The molecule has 1 aliphatic heterocycles. The number of hydrogen-bond donors (Lipinski definition) is 2. The van der Waals surface area contributed by atoms with Gasteiger partial charge in [0.05, 0.1) is 12.5 Å². The van der Waals surface area contributed by atoms with Crippen LogP contribution in [0.5, 0.6) is 0 Å². The van der Waals surface area contributed by atoms with Crippen LogP contribution >= 0.6 is 12.4 Å². The Labute approximate surface area is 137 Å². The first-order valence-corrected chi connectivity index (χ1v) is 7.44. The zero-order valence-electron chi connectivity index (χ0n) is 12.7. The fourth-order valence-electron chi connectivity index (χ4n) is 2.57. The second kappa shape index (κ2) is 9.43. The molecule has 1 aliphatic rings. The molecule has 6 heteroatoms. The van der Waals surface area contributed by atoms with E-state index in [1.807, 2.05) is 30.3 Å². The molecular weight excluding hydrogens is 304 g/mol. The maximum absolute atomic E-state index is 12.0. The number of halogens is 1. The first-order valence-electron chi connectivity index (χ1n) is 7.44. The van der Waals surface area contributed by atoms with Crippen LogP contribution in [0.1, 0.15) is 18.9 Å². The third-order valence-corrected chi connectivity index (χ3v) is 3.65. The minimum Gasteiger partial charge on any atom is -0.466 e. The normalized spacial score (nSPS) is 20.7. The van der Waals surface area contributed by atoms with Gasteiger partial charge in [-0.15, -0.1) is 12.4 Å². The van der Waals surface area contributed by atoms with Crippen molar-refractivity contribution >= 4 is 24.3 Å². The van der Waals surface area contributed by atoms with E-state index in [9.17, 15) is 9.59 Å². The van der Waals surface area contributed by atoms with Crippen LogP contribution in [0.15, 0.2) is 30.3 Å². The van der Waals surface area contributed by atoms with E-state index in [-0.39, 0.29) is 24.3 Å². The summed E-state index contributed by atoms with van der Waals surface area (Å²) in [5, 5.41) is 5.99. The van der Waals surface area contributed by atoms with Crippen molar-refractivity contribution in [2.24, 2.45) is 5.92 Å². The Morgan fingerprint density at radius 3 is 2.77 bits per heavy atom. The highest BCUT2D eigenvalue weighted by Gasteiger charge is 2.37. The largest absolute Gasteiger partial charge is 0.466 e. The number of hydrogen-bond acceptors (Lipinski definition) is 4. The van der Waals surface area contributed by atoms with Gasteiger partial charge in [-0.3, -0.25) is 9.59 Å². The molecule has 0 aliphatic carbocycles. The van der Waals surface area contributed by atoms with Gasteiger partial charge in [-0.25, -0.2) is 0 Å². The van der Waals surface area contributed by atoms with Crippen LogP contribution in [-0.4, -0.2) is 37.6 Å². The second-order valence-corrected chi connectivity index (χ2v) is 5.11. The standard InChI is InChI=1S/C16H22N2O3.ClH/c1-2-21-16(20)13-9-11-18-15(19)14(13)17-10-8-12-6-4-3-5-7-12;/h3-7,13-14,17H,2,8-11H2,1H3,(H,18,19);1H. The highest BCUT2D eigenvalue weighted by atomic mass is 35.5. The van der Waals surface area contributed by atoms with Gasteiger partial charge in [0.2, 0.25) is 5.91 Å². The molecule has 1 fully saturated rings. The molecule has 2 rings (SSSR count). The molecule has 2 atom stereocenters. The third kappa shape index (κ3) is 5.00. The summed E-state index contributed by atoms with van der Waals surface area (Å²) in [4.78, 5) is 23.9. The van der Waals surface area contributed by atoms with Crippen molar-refractivity contribution in [1.29, 1.82) is 0 Å². The van der Waals surface area contributed by atoms with Gasteiger partial charge < -0.3 is 15.4 Å². The number of piperidine rings is 1. The molecule has 0 saturated carbocycles. The number of rotatable bonds is 6. The van der Waals surface area contributed by atoms with Gasteiger partial charge in [0, 0.05) is 6.54 Å². The van der Waals surface area contributed by atoms with Gasteiger partial charge in [0.25, 0.3) is 0 Å². The van der Waals surface area contributed by atoms with Crippen molar-refractivity contribution in [3.8, 4) is 0 Å². The average molecular weight is 327 g/mol. The third-order valence-electron chi connectivity index (χ3n) is 3.65. The van der Waals surface area contributed by atoms with Gasteiger partial charge in [-0.1, -0.05) is 30.3 Å². The molecule has 0 spiro atoms. The van der Waals surface area contributed by atoms with Crippen molar-refractivity contribution in [3.63, 3.8) is 0 Å². The Kier molecular flexibility index (Phi) is 7.91. The van der Waals surface area contributed by atoms with E-state index in [2.05, 4.69) is 10.6 Å². The lowest BCUT2D eigenvalue weighted by Crippen LogP contribution is -2.56. The van der Waals surface area contributed by atoms with Crippen molar-refractivity contribution in [1.82, 2.24) is 10.6 Å². The van der Waals surface area contributed by atoms with Crippen LogP contribution in [-0.2, 0) is 20.7 Å². The summed E-state index contributed by atoms with van der Waals surface area (Å²) in [6.45, 7) is 3.30. The molecule has 0 aromatic heterocycles. The number of carbonyl (C=O) groups is 2. The fraction of sp³-hybridized carbons (Fsp3) is 0.500. The predicted octanol–water partition coefficient (Wildman–Crippen LogP) is 1.31. The van der Waals surface area contributed by atoms with Crippen LogP contribution in [0.4, 0.5) is 0 Å². The number of esters is 1. The number of benzene rings is 1. The van der Waals surface area contributed by atoms with E-state index in [0.29, 0.717) is 26.1 Å². The van der Waals surface area contributed by atoms with Crippen LogP contribution in [0.25, 0.3) is 0 Å². The molecule has 1 amide bonds. The molecule has 1 saturated heterocycles. The molecule has 2 N–H and O–H groups in total. The van der Waals surface area contributed by atoms with Crippen molar-refractivity contribution in [3.05, 3.63) is 35.9 Å². The number of carbonyl (C=O) groups excluding carboxylic acids is 2. The summed E-state index contributed by atoms with van der Waals surface area (Å²) < 4.78 is 5.07. The lowest BCUT2D eigenvalue weighted by molar-refractivity contribution is -0.152. The average Bonchev–Trinajstić information content (AvgIpc) is 2.50. The van der Waals surface area contributed by atoms with E-state index in [0.717, 1.165) is 6.42 Å². The molecule has 1 aromatic rings. The highest BCUT2D eigenvalue weighted by Crippen LogP contribution is 2.15. The van der Waals surface area contributed by atoms with E-state index in [1.54, 1.807) is 6.92 Å². The molecule has 0 bridgehead atoms. The summed E-state index contributed by atoms with van der Waals surface area (Å²) in [7, 11) is 0. The zero-order chi connectivity index (χ0) is 15.1. The molecule has 1 heterocycles. The zero-order valence-corrected chi connectivity index (χ0v) is 13.5. The monoisotopic (exact) mass is 326 g/mol. The summed E-state index contributed by atoms with van der Waals surface area (Å²) >= 11 is 0. The van der Waals surface area contributed by atoms with Gasteiger partial charge in [-0.05, 0) is 31.9 Å². The lowest BCUT2D eigenvalue weighted by Gasteiger charge is -2.30. The molecule has 0 radical (unpaired) electrons. The predicted molar refractivity (Wildman–Crippen MR) is 86.9 cm³/mol. The Morgan fingerprint density at radius 1 is 1.36 bits per heavy atom. The molecule has 5 nitrogen and oxygen atoms in total. The number of nitrogens with one attached hydrogen (secondary N) is 2. The molecule has 122 valence electrons. The molecule has 2 unspecified atom stereocenters. The maximum Gasteiger partial charge on any atom is 0.311 e. The Morgan fingerprint density at radius 2 is 2.09 bits per heavy atom. The first kappa shape index (κ1) is 18.5. The molecular formula is C16H23ClN2O3. The topological polar surface area (TPSA) is 67.4 Å². The molecule has 22 heavy (non-hydrogen) atoms. The summed E-state index contributed by atoms with van der Waals surface area (Å²) in [6, 6.07) is 9.55. The second-order valence-electron chi connectivity index (χ2n) is 5.11. The summed E-state index contributed by atoms with van der Waals surface area (Å²) in [6.07, 6.45) is 1.44. The van der Waals surface area contributed by atoms with Crippen molar-refractivity contribution < 1.29 is 14.3 Å². The minimum absolute atomic E-state index is 0. The van der Waals surface area contributed by atoms with E-state index >= 15 is 0 Å². The van der Waals surface area contributed by atoms with Gasteiger partial charge in [0.1, 0.15) is 6.04 Å². The van der Waals surface area contributed by atoms with Crippen LogP contribution in [0, 0.1) is 5.92 Å². The van der Waals surface area contributed by atoms with E-state index in [4.69, 9.17) is 4.74 Å². The quantitative estimate of drug-likeness (QED) is 0.773. The van der Waals surface area contributed by atoms with Crippen molar-refractivity contribution in [2.45, 2.75) is 25.8 Å². The van der Waals surface area contributed by atoms with Crippen molar-refractivity contribution in [2.75, 3.05) is 19.7 Å². The van der Waals surface area contributed by atoms with E-state index < -0.39 is 12.0 Å². The van der Waals surface area contributed by atoms with Gasteiger partial charge >= 0.3 is 5.97 Å². The van der Waals surface area contributed by atoms with Crippen LogP contribution in [0.2, 0.25) is 0 Å². The fourth-order valence-corrected chi connectivity index (χ4v) is 2.57. The SMILES string of the molecule is CCOC(=O)C1CCNC(=O)C1NCCc1ccccc1.Cl. The van der Waals surface area contributed by atoms with E-state index in [1.165, 1.54) is 5.56 Å². The summed E-state index contributed by atoms with van der Waals surface area (Å²) in [5.74, 6) is -0.800. The Balaban J connectivity index is 0.00000242. The lowest BCUT2D eigenvalue weighted by atomic mass is 9.92. The number of amides is 1. The first-order chi connectivity index (χ1) is 10.2. The molecule has 1 aromatic carbocycles. The highest BCUT2D eigenvalue weighted by molar-refractivity contribution is 5.89. The Hall–Kier alpha value is -1.59. The van der Waals surface area contributed by atoms with Gasteiger partial charge in [0.15, 0.2) is 0 Å². The number of ether oxygens (including phenoxy) is 1. The Bertz CT molecular complexity index is 482. The summed E-state index contributed by atoms with van der Waals surface area (Å²) in [5.41, 5.74) is 1.20. The van der Waals surface area contributed by atoms with Gasteiger partial charge in [-0.2, -0.15) is 0 Å². The van der Waals surface area contributed by atoms with Crippen LogP contribution < -0.4 is 10.6 Å². The maximum atomic E-state index is 12.0. The minimum atomic E-state index is -0.499. The van der Waals surface area contributed by atoms with Crippen LogP contribution in [0.3, 0.4) is 0 Å².